The highest BCUT2D eigenvalue weighted by Crippen LogP contribution is 2.26. The zero-order chi connectivity index (χ0) is 13.7. The molecule has 4 aromatic rings. The van der Waals surface area contributed by atoms with Crippen LogP contribution in [-0.4, -0.2) is 29.2 Å². The van der Waals surface area contributed by atoms with Gasteiger partial charge in [0.05, 0.1) is 5.69 Å². The standard InChI is InChI=1S/C13H11N7/c1-8-16-13(14)12-9(4-6-20(12)17-8)10-2-3-11-15-5-7-19(11)18-10/h2-7H,1H3,(H2,14,16,17). The Morgan fingerprint density at radius 2 is 1.95 bits per heavy atom. The molecular weight excluding hydrogens is 254 g/mol. The summed E-state index contributed by atoms with van der Waals surface area (Å²) in [5.41, 5.74) is 9.29. The Labute approximate surface area is 113 Å². The van der Waals surface area contributed by atoms with Crippen LogP contribution in [0, 0.1) is 6.92 Å². The Hall–Kier alpha value is -2.96. The molecule has 0 aliphatic carbocycles. The van der Waals surface area contributed by atoms with E-state index in [1.807, 2.05) is 31.3 Å². The van der Waals surface area contributed by atoms with Gasteiger partial charge < -0.3 is 5.73 Å². The van der Waals surface area contributed by atoms with Gasteiger partial charge in [0.15, 0.2) is 11.5 Å². The zero-order valence-corrected chi connectivity index (χ0v) is 10.7. The fourth-order valence-corrected chi connectivity index (χ4v) is 2.33. The third-order valence-corrected chi connectivity index (χ3v) is 3.18. The average Bonchev–Trinajstić information content (AvgIpc) is 3.03. The number of hydrogen-bond acceptors (Lipinski definition) is 5. The number of fused-ring (bicyclic) bond motifs is 2. The second-order valence-electron chi connectivity index (χ2n) is 4.52. The molecule has 0 aliphatic heterocycles. The predicted molar refractivity (Wildman–Crippen MR) is 74.1 cm³/mol. The highest BCUT2D eigenvalue weighted by molar-refractivity contribution is 5.86. The van der Waals surface area contributed by atoms with Gasteiger partial charge >= 0.3 is 0 Å². The van der Waals surface area contributed by atoms with Gasteiger partial charge in [-0.25, -0.2) is 19.0 Å². The lowest BCUT2D eigenvalue weighted by Crippen LogP contribution is -2.03. The van der Waals surface area contributed by atoms with E-state index in [4.69, 9.17) is 5.73 Å². The van der Waals surface area contributed by atoms with Crippen LogP contribution in [0.4, 0.5) is 5.82 Å². The maximum atomic E-state index is 6.01. The van der Waals surface area contributed by atoms with Gasteiger partial charge in [0.2, 0.25) is 0 Å². The smallest absolute Gasteiger partial charge is 0.153 e. The number of aromatic nitrogens is 6. The first-order valence-corrected chi connectivity index (χ1v) is 6.14. The van der Waals surface area contributed by atoms with E-state index < -0.39 is 0 Å². The van der Waals surface area contributed by atoms with Crippen molar-refractivity contribution in [1.82, 2.24) is 29.2 Å². The van der Waals surface area contributed by atoms with E-state index >= 15 is 0 Å². The molecule has 0 saturated heterocycles. The van der Waals surface area contributed by atoms with Gasteiger partial charge in [0.1, 0.15) is 11.3 Å². The van der Waals surface area contributed by atoms with Crippen molar-refractivity contribution < 1.29 is 0 Å². The zero-order valence-electron chi connectivity index (χ0n) is 10.7. The van der Waals surface area contributed by atoms with Gasteiger partial charge in [-0.1, -0.05) is 0 Å². The van der Waals surface area contributed by atoms with Crippen LogP contribution >= 0.6 is 0 Å². The average molecular weight is 265 g/mol. The Kier molecular flexibility index (Phi) is 2.06. The minimum absolute atomic E-state index is 0.449. The van der Waals surface area contributed by atoms with Crippen LogP contribution < -0.4 is 5.73 Å². The van der Waals surface area contributed by atoms with Crippen LogP contribution in [0.25, 0.3) is 22.4 Å². The lowest BCUT2D eigenvalue weighted by Gasteiger charge is -2.04. The summed E-state index contributed by atoms with van der Waals surface area (Å²) in [5.74, 6) is 1.08. The van der Waals surface area contributed by atoms with Crippen molar-refractivity contribution in [2.24, 2.45) is 0 Å². The summed E-state index contributed by atoms with van der Waals surface area (Å²) >= 11 is 0. The van der Waals surface area contributed by atoms with Crippen molar-refractivity contribution in [2.75, 3.05) is 5.73 Å². The topological polar surface area (TPSA) is 86.4 Å². The van der Waals surface area contributed by atoms with Gasteiger partial charge in [0, 0.05) is 24.2 Å². The van der Waals surface area contributed by atoms with Crippen molar-refractivity contribution in [2.45, 2.75) is 6.92 Å². The highest BCUT2D eigenvalue weighted by atomic mass is 15.3. The van der Waals surface area contributed by atoms with Crippen molar-refractivity contribution in [3.05, 3.63) is 42.6 Å². The third-order valence-electron chi connectivity index (χ3n) is 3.18. The third kappa shape index (κ3) is 1.46. The fraction of sp³-hybridized carbons (Fsp3) is 0.0769. The quantitative estimate of drug-likeness (QED) is 0.561. The van der Waals surface area contributed by atoms with E-state index in [0.29, 0.717) is 11.6 Å². The molecule has 0 radical (unpaired) electrons. The molecule has 4 aromatic heterocycles. The second-order valence-corrected chi connectivity index (χ2v) is 4.52. The second kappa shape index (κ2) is 3.77. The van der Waals surface area contributed by atoms with Crippen LogP contribution in [0.2, 0.25) is 0 Å². The first kappa shape index (κ1) is 10.9. The van der Waals surface area contributed by atoms with Gasteiger partial charge in [-0.05, 0) is 25.1 Å². The normalized spacial score (nSPS) is 11.4. The van der Waals surface area contributed by atoms with Crippen LogP contribution in [0.5, 0.6) is 0 Å². The van der Waals surface area contributed by atoms with Gasteiger partial charge in [-0.3, -0.25) is 0 Å². The van der Waals surface area contributed by atoms with Gasteiger partial charge in [-0.2, -0.15) is 10.2 Å². The summed E-state index contributed by atoms with van der Waals surface area (Å²) in [6.07, 6.45) is 5.38. The van der Waals surface area contributed by atoms with E-state index in [-0.39, 0.29) is 0 Å². The Bertz CT molecular complexity index is 934. The number of nitrogens with two attached hydrogens (primary N) is 1. The van der Waals surface area contributed by atoms with Gasteiger partial charge in [-0.15, -0.1) is 0 Å². The minimum atomic E-state index is 0.449. The number of imidazole rings is 1. The van der Waals surface area contributed by atoms with Crippen molar-refractivity contribution >= 4 is 17.0 Å². The minimum Gasteiger partial charge on any atom is -0.382 e. The van der Waals surface area contributed by atoms with Crippen LogP contribution in [0.15, 0.2) is 36.8 Å². The number of nitrogen functional groups attached to an aromatic ring is 1. The van der Waals surface area contributed by atoms with E-state index in [9.17, 15) is 0 Å². The number of anilines is 1. The van der Waals surface area contributed by atoms with E-state index in [1.54, 1.807) is 21.4 Å². The fourth-order valence-electron chi connectivity index (χ4n) is 2.33. The number of hydrogen-bond donors (Lipinski definition) is 1. The Morgan fingerprint density at radius 1 is 1.05 bits per heavy atom. The number of rotatable bonds is 1. The molecule has 0 aliphatic rings. The molecule has 2 N–H and O–H groups in total. The molecule has 4 heterocycles. The lowest BCUT2D eigenvalue weighted by atomic mass is 10.2. The summed E-state index contributed by atoms with van der Waals surface area (Å²) < 4.78 is 3.46. The van der Waals surface area contributed by atoms with Gasteiger partial charge in [0.25, 0.3) is 0 Å². The summed E-state index contributed by atoms with van der Waals surface area (Å²) in [6.45, 7) is 1.81. The summed E-state index contributed by atoms with van der Waals surface area (Å²) in [7, 11) is 0. The van der Waals surface area contributed by atoms with E-state index in [0.717, 1.165) is 22.4 Å². The Morgan fingerprint density at radius 3 is 2.85 bits per heavy atom. The highest BCUT2D eigenvalue weighted by Gasteiger charge is 2.12. The van der Waals surface area contributed by atoms with Crippen LogP contribution in [0.1, 0.15) is 5.82 Å². The first-order chi connectivity index (χ1) is 9.72. The molecule has 0 unspecified atom stereocenters. The SMILES string of the molecule is Cc1nc(N)c2c(-c3ccc4nccn4n3)ccn2n1. The molecule has 0 atom stereocenters. The molecular formula is C13H11N7. The molecule has 7 nitrogen and oxygen atoms in total. The monoisotopic (exact) mass is 265 g/mol. The van der Waals surface area contributed by atoms with E-state index in [2.05, 4.69) is 20.2 Å². The molecule has 0 fully saturated rings. The lowest BCUT2D eigenvalue weighted by molar-refractivity contribution is 0.861. The summed E-state index contributed by atoms with van der Waals surface area (Å²) in [5, 5.41) is 8.83. The summed E-state index contributed by atoms with van der Waals surface area (Å²) in [6, 6.07) is 5.76. The summed E-state index contributed by atoms with van der Waals surface area (Å²) in [4.78, 5) is 8.39. The molecule has 0 bridgehead atoms. The number of aryl methyl sites for hydroxylation is 1. The Balaban J connectivity index is 2.01. The van der Waals surface area contributed by atoms with Crippen molar-refractivity contribution in [1.29, 1.82) is 0 Å². The van der Waals surface area contributed by atoms with Crippen LogP contribution in [0.3, 0.4) is 0 Å². The molecule has 98 valence electrons. The molecule has 0 saturated carbocycles. The molecule has 20 heavy (non-hydrogen) atoms. The predicted octanol–water partition coefficient (Wildman–Crippen LogP) is 1.33. The van der Waals surface area contributed by atoms with E-state index in [1.165, 1.54) is 0 Å². The molecule has 0 amide bonds. The van der Waals surface area contributed by atoms with Crippen molar-refractivity contribution in [3.63, 3.8) is 0 Å². The van der Waals surface area contributed by atoms with Crippen molar-refractivity contribution in [3.8, 4) is 11.3 Å². The molecule has 7 heteroatoms. The maximum Gasteiger partial charge on any atom is 0.153 e. The molecule has 0 spiro atoms. The largest absolute Gasteiger partial charge is 0.382 e. The first-order valence-electron chi connectivity index (χ1n) is 6.14. The van der Waals surface area contributed by atoms with Crippen LogP contribution in [-0.2, 0) is 0 Å². The maximum absolute atomic E-state index is 6.01. The number of nitrogens with zero attached hydrogens (tertiary/aromatic N) is 6. The molecule has 4 rings (SSSR count). The molecule has 0 aromatic carbocycles.